The van der Waals surface area contributed by atoms with E-state index in [0.29, 0.717) is 6.42 Å². The van der Waals surface area contributed by atoms with Crippen LogP contribution >= 0.6 is 0 Å². The first kappa shape index (κ1) is 32.0. The number of ether oxygens (including phenoxy) is 2. The quantitative estimate of drug-likeness (QED) is 0.116. The summed E-state index contributed by atoms with van der Waals surface area (Å²) in [5, 5.41) is 52.8. The molecule has 1 fully saturated rings. The minimum Gasteiger partial charge on any atom is -0.394 e. The maximum Gasteiger partial charge on any atom is 0.220 e. The maximum absolute atomic E-state index is 12.3. The Kier molecular flexibility index (Phi) is 17.4. The van der Waals surface area contributed by atoms with Gasteiger partial charge in [0.2, 0.25) is 5.91 Å². The number of aliphatic hydroxyl groups excluding tert-OH is 5. The lowest BCUT2D eigenvalue weighted by Crippen LogP contribution is -2.60. The minimum atomic E-state index is -1.56. The summed E-state index contributed by atoms with van der Waals surface area (Å²) in [6, 6.07) is -0.790. The van der Waals surface area contributed by atoms with Gasteiger partial charge in [-0.2, -0.15) is 0 Å². The van der Waals surface area contributed by atoms with E-state index in [2.05, 4.69) is 12.2 Å². The molecule has 1 aliphatic rings. The molecule has 206 valence electrons. The van der Waals surface area contributed by atoms with Gasteiger partial charge in [0, 0.05) is 6.42 Å². The number of carbonyl (C=O) groups is 1. The molecule has 9 heteroatoms. The van der Waals surface area contributed by atoms with Gasteiger partial charge in [0.05, 0.1) is 25.4 Å². The van der Waals surface area contributed by atoms with E-state index < -0.39 is 49.5 Å². The molecule has 0 aliphatic carbocycles. The highest BCUT2D eigenvalue weighted by Crippen LogP contribution is 2.22. The predicted molar refractivity (Wildman–Crippen MR) is 134 cm³/mol. The fourth-order valence-corrected chi connectivity index (χ4v) is 4.01. The Morgan fingerprint density at radius 1 is 0.943 bits per heavy atom. The van der Waals surface area contributed by atoms with Gasteiger partial charge < -0.3 is 40.3 Å². The number of carbonyl (C=O) groups excluding carboxylic acids is 1. The van der Waals surface area contributed by atoms with Crippen LogP contribution in [0, 0.1) is 0 Å². The number of aliphatic hydroxyl groups is 5. The van der Waals surface area contributed by atoms with Crippen molar-refractivity contribution >= 4 is 5.91 Å². The molecule has 35 heavy (non-hydrogen) atoms. The first-order valence-corrected chi connectivity index (χ1v) is 13.4. The number of allylic oxidation sites excluding steroid dienone is 1. The lowest BCUT2D eigenvalue weighted by atomic mass is 9.99. The van der Waals surface area contributed by atoms with E-state index in [0.717, 1.165) is 32.1 Å². The van der Waals surface area contributed by atoms with E-state index in [1.807, 2.05) is 13.0 Å². The van der Waals surface area contributed by atoms with Crippen molar-refractivity contribution in [3.8, 4) is 0 Å². The van der Waals surface area contributed by atoms with Crippen molar-refractivity contribution < 1.29 is 39.8 Å². The minimum absolute atomic E-state index is 0.191. The summed E-state index contributed by atoms with van der Waals surface area (Å²) in [5.41, 5.74) is 0. The van der Waals surface area contributed by atoms with Crippen molar-refractivity contribution in [3.05, 3.63) is 12.2 Å². The van der Waals surface area contributed by atoms with Gasteiger partial charge in [0.25, 0.3) is 0 Å². The summed E-state index contributed by atoms with van der Waals surface area (Å²) in [4.78, 5) is 12.3. The first-order chi connectivity index (χ1) is 16.8. The predicted octanol–water partition coefficient (Wildman–Crippen LogP) is 1.93. The van der Waals surface area contributed by atoms with E-state index >= 15 is 0 Å². The van der Waals surface area contributed by atoms with Gasteiger partial charge in [-0.15, -0.1) is 0 Å². The lowest BCUT2D eigenvalue weighted by molar-refractivity contribution is -0.302. The second kappa shape index (κ2) is 19.1. The van der Waals surface area contributed by atoms with Crippen LogP contribution in [0.5, 0.6) is 0 Å². The van der Waals surface area contributed by atoms with Gasteiger partial charge in [-0.1, -0.05) is 77.4 Å². The van der Waals surface area contributed by atoms with Gasteiger partial charge in [-0.25, -0.2) is 0 Å². The molecule has 6 N–H and O–H groups in total. The van der Waals surface area contributed by atoms with Crippen LogP contribution in [0.15, 0.2) is 12.2 Å². The van der Waals surface area contributed by atoms with Crippen LogP contribution in [0.25, 0.3) is 0 Å². The van der Waals surface area contributed by atoms with Crippen LogP contribution in [0.2, 0.25) is 0 Å². The summed E-state index contributed by atoms with van der Waals surface area (Å²) in [7, 11) is 0. The number of rotatable bonds is 19. The average Bonchev–Trinajstić information content (AvgIpc) is 2.85. The van der Waals surface area contributed by atoms with Gasteiger partial charge in [0.15, 0.2) is 6.29 Å². The molecule has 1 rings (SSSR count). The highest BCUT2D eigenvalue weighted by molar-refractivity contribution is 5.76. The van der Waals surface area contributed by atoms with Crippen molar-refractivity contribution in [3.63, 3.8) is 0 Å². The molecule has 0 radical (unpaired) electrons. The first-order valence-electron chi connectivity index (χ1n) is 13.4. The fraction of sp³-hybridized carbons (Fsp3) is 0.885. The molecule has 0 saturated carbocycles. The summed E-state index contributed by atoms with van der Waals surface area (Å²) in [6.45, 7) is 3.44. The highest BCUT2D eigenvalue weighted by atomic mass is 16.7. The van der Waals surface area contributed by atoms with Crippen molar-refractivity contribution in [1.82, 2.24) is 5.32 Å². The number of nitrogens with one attached hydrogen (secondary N) is 1. The Labute approximate surface area is 210 Å². The highest BCUT2D eigenvalue weighted by Gasteiger charge is 2.44. The average molecular weight is 504 g/mol. The maximum atomic E-state index is 12.3. The summed E-state index contributed by atoms with van der Waals surface area (Å²) in [6.07, 6.45) is 8.06. The van der Waals surface area contributed by atoms with E-state index in [9.17, 15) is 30.3 Å². The van der Waals surface area contributed by atoms with Crippen molar-refractivity contribution in [1.29, 1.82) is 0 Å². The molecule has 9 nitrogen and oxygen atoms in total. The SMILES string of the molecule is CCCCCCCCCC/C=C/C(O)C(COC1OC(CO)C(O)C(O)C1O)NC(=O)CCCC. The molecule has 0 aromatic carbocycles. The monoisotopic (exact) mass is 503 g/mol. The van der Waals surface area contributed by atoms with Gasteiger partial charge in [0.1, 0.15) is 24.4 Å². The van der Waals surface area contributed by atoms with E-state index in [4.69, 9.17) is 9.47 Å². The second-order valence-electron chi connectivity index (χ2n) is 9.49. The van der Waals surface area contributed by atoms with Crippen LogP contribution in [0.1, 0.15) is 90.9 Å². The van der Waals surface area contributed by atoms with Crippen LogP contribution < -0.4 is 5.32 Å². The molecule has 1 aliphatic heterocycles. The molecule has 0 aromatic rings. The number of hydrogen-bond donors (Lipinski definition) is 6. The summed E-state index contributed by atoms with van der Waals surface area (Å²) in [5.74, 6) is -0.218. The van der Waals surface area contributed by atoms with Crippen molar-refractivity contribution in [2.75, 3.05) is 13.2 Å². The molecular weight excluding hydrogens is 454 g/mol. The van der Waals surface area contributed by atoms with Crippen LogP contribution in [0.4, 0.5) is 0 Å². The zero-order chi connectivity index (χ0) is 26.1. The fourth-order valence-electron chi connectivity index (χ4n) is 4.01. The molecule has 0 spiro atoms. The Morgan fingerprint density at radius 3 is 2.20 bits per heavy atom. The Morgan fingerprint density at radius 2 is 1.57 bits per heavy atom. The number of unbranched alkanes of at least 4 members (excludes halogenated alkanes) is 9. The third-order valence-corrected chi connectivity index (χ3v) is 6.36. The zero-order valence-electron chi connectivity index (χ0n) is 21.6. The van der Waals surface area contributed by atoms with Crippen LogP contribution in [-0.4, -0.2) is 87.5 Å². The Hall–Kier alpha value is -1.07. The standard InChI is InChI=1S/C26H49NO8/c1-3-5-7-8-9-10-11-12-13-14-15-20(29)19(27-22(30)16-6-4-2)18-34-26-25(33)24(32)23(31)21(17-28)35-26/h14-15,19-21,23-26,28-29,31-33H,3-13,16-18H2,1-2H3,(H,27,30)/b15-14+. The van der Waals surface area contributed by atoms with E-state index in [1.54, 1.807) is 6.08 Å². The third-order valence-electron chi connectivity index (χ3n) is 6.36. The Bertz CT molecular complexity index is 574. The molecular formula is C26H49NO8. The van der Waals surface area contributed by atoms with Gasteiger partial charge >= 0.3 is 0 Å². The van der Waals surface area contributed by atoms with E-state index in [1.165, 1.54) is 38.5 Å². The zero-order valence-corrected chi connectivity index (χ0v) is 21.6. The number of amides is 1. The Balaban J connectivity index is 2.56. The second-order valence-corrected chi connectivity index (χ2v) is 9.49. The van der Waals surface area contributed by atoms with Crippen molar-refractivity contribution in [2.24, 2.45) is 0 Å². The molecule has 1 amide bonds. The summed E-state index contributed by atoms with van der Waals surface area (Å²) >= 11 is 0. The molecule has 7 atom stereocenters. The lowest BCUT2D eigenvalue weighted by Gasteiger charge is -2.40. The normalized spacial score (nSPS) is 26.7. The van der Waals surface area contributed by atoms with E-state index in [-0.39, 0.29) is 12.5 Å². The molecule has 7 unspecified atom stereocenters. The molecule has 1 heterocycles. The van der Waals surface area contributed by atoms with Gasteiger partial charge in [-0.3, -0.25) is 4.79 Å². The third kappa shape index (κ3) is 12.6. The van der Waals surface area contributed by atoms with Crippen LogP contribution in [0.3, 0.4) is 0 Å². The molecule has 1 saturated heterocycles. The largest absolute Gasteiger partial charge is 0.394 e. The van der Waals surface area contributed by atoms with Crippen molar-refractivity contribution in [2.45, 2.75) is 134 Å². The summed E-state index contributed by atoms with van der Waals surface area (Å²) < 4.78 is 10.9. The van der Waals surface area contributed by atoms with Crippen LogP contribution in [-0.2, 0) is 14.3 Å². The smallest absolute Gasteiger partial charge is 0.220 e. The molecule has 0 bridgehead atoms. The topological polar surface area (TPSA) is 149 Å². The van der Waals surface area contributed by atoms with Gasteiger partial charge in [-0.05, 0) is 19.3 Å². The molecule has 0 aromatic heterocycles. The number of hydrogen-bond acceptors (Lipinski definition) is 8.